The van der Waals surface area contributed by atoms with E-state index in [1.54, 1.807) is 10.9 Å². The number of anilines is 1. The van der Waals surface area contributed by atoms with Crippen molar-refractivity contribution in [2.45, 2.75) is 25.9 Å². The van der Waals surface area contributed by atoms with Gasteiger partial charge in [0, 0.05) is 38.4 Å². The lowest BCUT2D eigenvalue weighted by molar-refractivity contribution is 0.115. The molecule has 0 spiro atoms. The number of aromatic nitrogens is 3. The van der Waals surface area contributed by atoms with Crippen LogP contribution in [0.5, 0.6) is 5.75 Å². The Morgan fingerprint density at radius 1 is 1.22 bits per heavy atom. The van der Waals surface area contributed by atoms with E-state index in [0.29, 0.717) is 18.8 Å². The molecule has 4 rings (SSSR count). The first-order chi connectivity index (χ1) is 13.1. The molecule has 1 fully saturated rings. The van der Waals surface area contributed by atoms with Crippen LogP contribution in [0.2, 0.25) is 0 Å². The minimum atomic E-state index is -0.101. The van der Waals surface area contributed by atoms with Crippen molar-refractivity contribution in [3.63, 3.8) is 0 Å². The SMILES string of the molecule is Cc1nn(C)c2ncc(NC(=O)N3CCC(Oc4ccccc4)CC3)cc12. The number of fused-ring (bicyclic) bond motifs is 1. The van der Waals surface area contributed by atoms with Gasteiger partial charge < -0.3 is 15.0 Å². The van der Waals surface area contributed by atoms with Crippen molar-refractivity contribution in [2.24, 2.45) is 7.05 Å². The van der Waals surface area contributed by atoms with Gasteiger partial charge in [-0.25, -0.2) is 9.78 Å². The molecule has 0 bridgehead atoms. The molecule has 140 valence electrons. The summed E-state index contributed by atoms with van der Waals surface area (Å²) < 4.78 is 7.73. The standard InChI is InChI=1S/C20H23N5O2/c1-14-18-12-15(13-21-19(18)24(2)23-14)22-20(26)25-10-8-17(9-11-25)27-16-6-4-3-5-7-16/h3-7,12-13,17H,8-11H2,1-2H3,(H,22,26). The minimum absolute atomic E-state index is 0.101. The highest BCUT2D eigenvalue weighted by Gasteiger charge is 2.24. The molecule has 1 aromatic carbocycles. The van der Waals surface area contributed by atoms with Gasteiger partial charge in [-0.05, 0) is 25.1 Å². The molecule has 0 atom stereocenters. The van der Waals surface area contributed by atoms with Gasteiger partial charge in [0.25, 0.3) is 0 Å². The maximum atomic E-state index is 12.6. The van der Waals surface area contributed by atoms with E-state index >= 15 is 0 Å². The monoisotopic (exact) mass is 365 g/mol. The number of amides is 2. The van der Waals surface area contributed by atoms with Crippen LogP contribution in [0.25, 0.3) is 11.0 Å². The van der Waals surface area contributed by atoms with Crippen molar-refractivity contribution >= 4 is 22.8 Å². The molecule has 7 heteroatoms. The van der Waals surface area contributed by atoms with Crippen molar-refractivity contribution in [1.29, 1.82) is 0 Å². The molecule has 2 aromatic heterocycles. The van der Waals surface area contributed by atoms with Gasteiger partial charge in [-0.2, -0.15) is 5.10 Å². The van der Waals surface area contributed by atoms with E-state index in [2.05, 4.69) is 15.4 Å². The lowest BCUT2D eigenvalue weighted by Crippen LogP contribution is -2.43. The van der Waals surface area contributed by atoms with Crippen LogP contribution < -0.4 is 10.1 Å². The summed E-state index contributed by atoms with van der Waals surface area (Å²) in [5.41, 5.74) is 2.39. The summed E-state index contributed by atoms with van der Waals surface area (Å²) in [6.45, 7) is 3.28. The number of nitrogens with zero attached hydrogens (tertiary/aromatic N) is 4. The average molecular weight is 365 g/mol. The highest BCUT2D eigenvalue weighted by atomic mass is 16.5. The summed E-state index contributed by atoms with van der Waals surface area (Å²) in [6, 6.07) is 11.6. The number of urea groups is 1. The lowest BCUT2D eigenvalue weighted by Gasteiger charge is -2.32. The molecule has 27 heavy (non-hydrogen) atoms. The Morgan fingerprint density at radius 3 is 2.70 bits per heavy atom. The Labute approximate surface area is 157 Å². The first-order valence-corrected chi connectivity index (χ1v) is 9.17. The second-order valence-electron chi connectivity index (χ2n) is 6.85. The Balaban J connectivity index is 1.35. The number of pyridine rings is 1. The number of nitrogens with one attached hydrogen (secondary N) is 1. The quantitative estimate of drug-likeness (QED) is 0.773. The molecule has 3 heterocycles. The molecule has 7 nitrogen and oxygen atoms in total. The Hall–Kier alpha value is -3.09. The van der Waals surface area contributed by atoms with Crippen LogP contribution in [0.15, 0.2) is 42.6 Å². The number of piperidine rings is 1. The fourth-order valence-corrected chi connectivity index (χ4v) is 3.45. The number of hydrogen-bond donors (Lipinski definition) is 1. The third-order valence-electron chi connectivity index (χ3n) is 4.89. The summed E-state index contributed by atoms with van der Waals surface area (Å²) in [5, 5.41) is 8.26. The Bertz CT molecular complexity index is 946. The molecule has 3 aromatic rings. The zero-order valence-electron chi connectivity index (χ0n) is 15.6. The number of aryl methyl sites for hydroxylation is 2. The third-order valence-corrected chi connectivity index (χ3v) is 4.89. The number of para-hydroxylation sites is 1. The lowest BCUT2D eigenvalue weighted by atomic mass is 10.1. The maximum absolute atomic E-state index is 12.6. The predicted octanol–water partition coefficient (Wildman–Crippen LogP) is 3.35. The van der Waals surface area contributed by atoms with Crippen LogP contribution in [-0.2, 0) is 7.05 Å². The van der Waals surface area contributed by atoms with E-state index in [4.69, 9.17) is 4.74 Å². The molecule has 0 unspecified atom stereocenters. The third kappa shape index (κ3) is 3.72. The van der Waals surface area contributed by atoms with E-state index in [0.717, 1.165) is 35.3 Å². The van der Waals surface area contributed by atoms with Crippen molar-refractivity contribution < 1.29 is 9.53 Å². The molecule has 1 aliphatic heterocycles. The van der Waals surface area contributed by atoms with Gasteiger partial charge in [0.1, 0.15) is 11.9 Å². The molecule has 1 N–H and O–H groups in total. The smallest absolute Gasteiger partial charge is 0.321 e. The van der Waals surface area contributed by atoms with Crippen molar-refractivity contribution in [1.82, 2.24) is 19.7 Å². The highest BCUT2D eigenvalue weighted by molar-refractivity contribution is 5.92. The maximum Gasteiger partial charge on any atom is 0.321 e. The van der Waals surface area contributed by atoms with Crippen molar-refractivity contribution in [2.75, 3.05) is 18.4 Å². The first-order valence-electron chi connectivity index (χ1n) is 9.17. The van der Waals surface area contributed by atoms with E-state index in [1.165, 1.54) is 0 Å². The topological polar surface area (TPSA) is 72.3 Å². The van der Waals surface area contributed by atoms with Gasteiger partial charge in [0.15, 0.2) is 5.65 Å². The van der Waals surface area contributed by atoms with Crippen molar-refractivity contribution in [3.8, 4) is 5.75 Å². The van der Waals surface area contributed by atoms with Gasteiger partial charge in [-0.3, -0.25) is 4.68 Å². The van der Waals surface area contributed by atoms with E-state index in [9.17, 15) is 4.79 Å². The Morgan fingerprint density at radius 2 is 1.96 bits per heavy atom. The molecule has 0 aliphatic carbocycles. The van der Waals surface area contributed by atoms with E-state index < -0.39 is 0 Å². The summed E-state index contributed by atoms with van der Waals surface area (Å²) in [6.07, 6.45) is 3.46. The molecule has 0 saturated carbocycles. The molecule has 1 aliphatic rings. The van der Waals surface area contributed by atoms with Crippen molar-refractivity contribution in [3.05, 3.63) is 48.3 Å². The minimum Gasteiger partial charge on any atom is -0.490 e. The number of carbonyl (C=O) groups excluding carboxylic acids is 1. The fraction of sp³-hybridized carbons (Fsp3) is 0.350. The number of rotatable bonds is 3. The molecular weight excluding hydrogens is 342 g/mol. The zero-order chi connectivity index (χ0) is 18.8. The Kier molecular flexibility index (Phi) is 4.66. The summed E-state index contributed by atoms with van der Waals surface area (Å²) in [7, 11) is 1.86. The first kappa shape index (κ1) is 17.3. The van der Waals surface area contributed by atoms with Gasteiger partial charge >= 0.3 is 6.03 Å². The number of likely N-dealkylation sites (tertiary alicyclic amines) is 1. The largest absolute Gasteiger partial charge is 0.490 e. The number of ether oxygens (including phenoxy) is 1. The number of carbonyl (C=O) groups is 1. The molecule has 1 saturated heterocycles. The van der Waals surface area contributed by atoms with Crippen LogP contribution in [0.4, 0.5) is 10.5 Å². The van der Waals surface area contributed by atoms with Crippen LogP contribution >= 0.6 is 0 Å². The average Bonchev–Trinajstić information content (AvgIpc) is 2.96. The predicted molar refractivity (Wildman–Crippen MR) is 104 cm³/mol. The van der Waals surface area contributed by atoms with Crippen LogP contribution in [-0.4, -0.2) is 44.9 Å². The molecular formula is C20H23N5O2. The summed E-state index contributed by atoms with van der Waals surface area (Å²) in [4.78, 5) is 18.8. The second kappa shape index (κ2) is 7.26. The molecule has 2 amide bonds. The van der Waals surface area contributed by atoms with E-state index in [-0.39, 0.29) is 12.1 Å². The summed E-state index contributed by atoms with van der Waals surface area (Å²) >= 11 is 0. The van der Waals surface area contributed by atoms with E-state index in [1.807, 2.05) is 55.3 Å². The molecule has 0 radical (unpaired) electrons. The van der Waals surface area contributed by atoms with Crippen LogP contribution in [0, 0.1) is 6.92 Å². The normalized spacial score (nSPS) is 15.1. The van der Waals surface area contributed by atoms with Gasteiger partial charge in [-0.1, -0.05) is 18.2 Å². The second-order valence-corrected chi connectivity index (χ2v) is 6.85. The van der Waals surface area contributed by atoms with Crippen LogP contribution in [0.1, 0.15) is 18.5 Å². The van der Waals surface area contributed by atoms with Crippen LogP contribution in [0.3, 0.4) is 0 Å². The van der Waals surface area contributed by atoms with Gasteiger partial charge in [0.05, 0.1) is 17.6 Å². The van der Waals surface area contributed by atoms with Gasteiger partial charge in [-0.15, -0.1) is 0 Å². The highest BCUT2D eigenvalue weighted by Crippen LogP contribution is 2.21. The number of benzene rings is 1. The zero-order valence-corrected chi connectivity index (χ0v) is 15.6. The summed E-state index contributed by atoms with van der Waals surface area (Å²) in [5.74, 6) is 0.881. The fourth-order valence-electron chi connectivity index (χ4n) is 3.45. The van der Waals surface area contributed by atoms with Gasteiger partial charge in [0.2, 0.25) is 0 Å². The number of hydrogen-bond acceptors (Lipinski definition) is 4.